The van der Waals surface area contributed by atoms with E-state index in [-0.39, 0.29) is 29.5 Å². The van der Waals surface area contributed by atoms with Gasteiger partial charge >= 0.3 is 0 Å². The summed E-state index contributed by atoms with van der Waals surface area (Å²) in [6, 6.07) is 5.72. The Morgan fingerprint density at radius 2 is 2.11 bits per heavy atom. The molecule has 1 N–H and O–H groups in total. The van der Waals surface area contributed by atoms with E-state index >= 15 is 0 Å². The lowest BCUT2D eigenvalue weighted by Gasteiger charge is -2.47. The lowest BCUT2D eigenvalue weighted by molar-refractivity contribution is -0.101. The van der Waals surface area contributed by atoms with Gasteiger partial charge in [-0.1, -0.05) is 0 Å². The van der Waals surface area contributed by atoms with Gasteiger partial charge in [-0.05, 0) is 30.2 Å². The van der Waals surface area contributed by atoms with Gasteiger partial charge in [0.2, 0.25) is 0 Å². The molecule has 2 fully saturated rings. The van der Waals surface area contributed by atoms with Gasteiger partial charge in [0, 0.05) is 45.5 Å². The largest absolute Gasteiger partial charge is 0.375 e. The summed E-state index contributed by atoms with van der Waals surface area (Å²) in [6.07, 6.45) is 4.54. The van der Waals surface area contributed by atoms with E-state index in [1.807, 2.05) is 17.0 Å². The Hall–Kier alpha value is -2.58. The molecule has 2 aliphatic rings. The van der Waals surface area contributed by atoms with Crippen molar-refractivity contribution in [1.82, 2.24) is 25.0 Å². The highest BCUT2D eigenvalue weighted by Crippen LogP contribution is 2.25. The molecule has 4 heterocycles. The molecule has 1 amide bonds. The predicted octanol–water partition coefficient (Wildman–Crippen LogP) is 1.12. The van der Waals surface area contributed by atoms with Crippen LogP contribution in [0.15, 0.2) is 30.6 Å². The van der Waals surface area contributed by atoms with Crippen LogP contribution >= 0.6 is 0 Å². The number of hydrogen-bond acceptors (Lipinski definition) is 6. The molecule has 0 bridgehead atoms. The molecular weight excluding hydrogens is 346 g/mol. The van der Waals surface area contributed by atoms with Crippen LogP contribution in [0.5, 0.6) is 0 Å². The molecule has 142 valence electrons. The van der Waals surface area contributed by atoms with Crippen molar-refractivity contribution in [3.05, 3.63) is 47.5 Å². The first kappa shape index (κ1) is 17.8. The van der Waals surface area contributed by atoms with Gasteiger partial charge < -0.3 is 9.64 Å². The standard InChI is InChI=1S/C19H23N5O3/c1-13(25)15-10-16(22-21-15)19(26)24-7-4-18-17(12-24)23(8-9-27-18)11-14-2-5-20-6-3-14/h2-3,5-6,10,17-18H,4,7-9,11-12H2,1H3,(H,21,22)/t17-,18-/m0/s1. The van der Waals surface area contributed by atoms with Crippen molar-refractivity contribution in [3.8, 4) is 0 Å². The highest BCUT2D eigenvalue weighted by molar-refractivity contribution is 5.97. The second kappa shape index (κ2) is 7.58. The van der Waals surface area contributed by atoms with Crippen molar-refractivity contribution in [1.29, 1.82) is 0 Å². The molecule has 0 aromatic carbocycles. The normalized spacial score (nSPS) is 23.1. The number of H-pyrrole nitrogens is 1. The number of ether oxygens (including phenoxy) is 1. The van der Waals surface area contributed by atoms with E-state index in [9.17, 15) is 9.59 Å². The number of piperidine rings is 1. The van der Waals surface area contributed by atoms with Crippen LogP contribution in [-0.4, -0.2) is 75.1 Å². The number of Topliss-reactive ketones (excluding diaryl/α,β-unsaturated/α-hetero) is 1. The number of fused-ring (bicyclic) bond motifs is 1. The molecule has 2 aliphatic heterocycles. The van der Waals surface area contributed by atoms with Gasteiger partial charge in [-0.15, -0.1) is 0 Å². The minimum atomic E-state index is -0.159. The number of likely N-dealkylation sites (tertiary alicyclic amines) is 1. The quantitative estimate of drug-likeness (QED) is 0.812. The molecule has 0 spiro atoms. The average molecular weight is 369 g/mol. The molecule has 0 aliphatic carbocycles. The van der Waals surface area contributed by atoms with Crippen molar-refractivity contribution in [2.24, 2.45) is 0 Å². The second-order valence-electron chi connectivity index (χ2n) is 7.07. The number of amides is 1. The summed E-state index contributed by atoms with van der Waals surface area (Å²) < 4.78 is 5.96. The number of carbonyl (C=O) groups is 2. The maximum Gasteiger partial charge on any atom is 0.271 e. The number of morpholine rings is 1. The molecule has 2 atom stereocenters. The molecule has 8 nitrogen and oxygen atoms in total. The number of pyridine rings is 1. The Kier molecular flexibility index (Phi) is 5.00. The van der Waals surface area contributed by atoms with E-state index in [2.05, 4.69) is 20.1 Å². The van der Waals surface area contributed by atoms with Gasteiger partial charge in [-0.25, -0.2) is 0 Å². The zero-order valence-corrected chi connectivity index (χ0v) is 15.3. The van der Waals surface area contributed by atoms with Gasteiger partial charge in [-0.2, -0.15) is 5.10 Å². The van der Waals surface area contributed by atoms with Gasteiger partial charge in [0.05, 0.1) is 18.8 Å². The van der Waals surface area contributed by atoms with Gasteiger partial charge in [0.25, 0.3) is 5.91 Å². The summed E-state index contributed by atoms with van der Waals surface area (Å²) in [5.74, 6) is -0.281. The number of ketones is 1. The molecule has 0 radical (unpaired) electrons. The summed E-state index contributed by atoms with van der Waals surface area (Å²) in [6.45, 7) is 5.03. The Morgan fingerprint density at radius 3 is 2.85 bits per heavy atom. The molecule has 0 saturated carbocycles. The van der Waals surface area contributed by atoms with Crippen LogP contribution < -0.4 is 0 Å². The van der Waals surface area contributed by atoms with Gasteiger partial charge in [0.1, 0.15) is 11.4 Å². The highest BCUT2D eigenvalue weighted by Gasteiger charge is 2.38. The molecule has 2 aromatic rings. The fourth-order valence-corrected chi connectivity index (χ4v) is 3.83. The smallest absolute Gasteiger partial charge is 0.271 e. The topological polar surface area (TPSA) is 91.4 Å². The van der Waals surface area contributed by atoms with Crippen LogP contribution in [0.25, 0.3) is 0 Å². The predicted molar refractivity (Wildman–Crippen MR) is 97.3 cm³/mol. The Bertz CT molecular complexity index is 822. The number of nitrogens with one attached hydrogen (secondary N) is 1. The van der Waals surface area contributed by atoms with Crippen molar-refractivity contribution < 1.29 is 14.3 Å². The first-order valence-corrected chi connectivity index (χ1v) is 9.22. The van der Waals surface area contributed by atoms with Crippen LogP contribution in [0.1, 0.15) is 39.9 Å². The minimum Gasteiger partial charge on any atom is -0.375 e. The van der Waals surface area contributed by atoms with Crippen LogP contribution in [0.3, 0.4) is 0 Å². The number of hydrogen-bond donors (Lipinski definition) is 1. The van der Waals surface area contributed by atoms with Crippen molar-refractivity contribution in [2.45, 2.75) is 32.0 Å². The Morgan fingerprint density at radius 1 is 1.30 bits per heavy atom. The fraction of sp³-hybridized carbons (Fsp3) is 0.474. The van der Waals surface area contributed by atoms with Crippen LogP contribution in [-0.2, 0) is 11.3 Å². The monoisotopic (exact) mass is 369 g/mol. The molecule has 27 heavy (non-hydrogen) atoms. The molecular formula is C19H23N5O3. The van der Waals surface area contributed by atoms with Crippen LogP contribution in [0.4, 0.5) is 0 Å². The first-order chi connectivity index (χ1) is 13.1. The van der Waals surface area contributed by atoms with E-state index in [0.29, 0.717) is 25.4 Å². The number of aromatic nitrogens is 3. The van der Waals surface area contributed by atoms with Gasteiger partial charge in [-0.3, -0.25) is 24.6 Å². The molecule has 8 heteroatoms. The fourth-order valence-electron chi connectivity index (χ4n) is 3.83. The first-order valence-electron chi connectivity index (χ1n) is 9.22. The number of carbonyl (C=O) groups excluding carboxylic acids is 2. The van der Waals surface area contributed by atoms with Crippen molar-refractivity contribution in [2.75, 3.05) is 26.2 Å². The molecule has 2 aromatic heterocycles. The van der Waals surface area contributed by atoms with Gasteiger partial charge in [0.15, 0.2) is 5.78 Å². The third kappa shape index (κ3) is 3.77. The summed E-state index contributed by atoms with van der Waals surface area (Å²) in [7, 11) is 0. The van der Waals surface area contributed by atoms with Crippen LogP contribution in [0, 0.1) is 0 Å². The lowest BCUT2D eigenvalue weighted by atomic mass is 9.97. The SMILES string of the molecule is CC(=O)c1cc(C(=O)N2CC[C@@H]3OCCN(Cc4ccncc4)[C@H]3C2)[nH]n1. The van der Waals surface area contributed by atoms with E-state index in [1.54, 1.807) is 12.4 Å². The average Bonchev–Trinajstić information content (AvgIpc) is 3.19. The Balaban J connectivity index is 1.47. The van der Waals surface area contributed by atoms with E-state index in [4.69, 9.17) is 4.74 Å². The number of rotatable bonds is 4. The number of nitrogens with zero attached hydrogens (tertiary/aromatic N) is 4. The highest BCUT2D eigenvalue weighted by atomic mass is 16.5. The minimum absolute atomic E-state index is 0.122. The number of aromatic amines is 1. The summed E-state index contributed by atoms with van der Waals surface area (Å²) in [4.78, 5) is 32.6. The maximum absolute atomic E-state index is 12.9. The summed E-state index contributed by atoms with van der Waals surface area (Å²) >= 11 is 0. The maximum atomic E-state index is 12.9. The van der Waals surface area contributed by atoms with E-state index in [1.165, 1.54) is 18.6 Å². The van der Waals surface area contributed by atoms with E-state index in [0.717, 1.165) is 19.5 Å². The third-order valence-electron chi connectivity index (χ3n) is 5.29. The van der Waals surface area contributed by atoms with Crippen LogP contribution in [0.2, 0.25) is 0 Å². The Labute approximate surface area is 157 Å². The summed E-state index contributed by atoms with van der Waals surface area (Å²) in [5.41, 5.74) is 1.85. The zero-order chi connectivity index (χ0) is 18.8. The lowest BCUT2D eigenvalue weighted by Crippen LogP contribution is -2.60. The summed E-state index contributed by atoms with van der Waals surface area (Å²) in [5, 5.41) is 6.61. The molecule has 0 unspecified atom stereocenters. The van der Waals surface area contributed by atoms with Crippen molar-refractivity contribution >= 4 is 11.7 Å². The third-order valence-corrected chi connectivity index (χ3v) is 5.29. The van der Waals surface area contributed by atoms with E-state index < -0.39 is 0 Å². The molecule has 2 saturated heterocycles. The molecule has 4 rings (SSSR count). The zero-order valence-electron chi connectivity index (χ0n) is 15.3. The second-order valence-corrected chi connectivity index (χ2v) is 7.07. The van der Waals surface area contributed by atoms with Crippen molar-refractivity contribution in [3.63, 3.8) is 0 Å².